The predicted octanol–water partition coefficient (Wildman–Crippen LogP) is 6.04. The lowest BCUT2D eigenvalue weighted by Crippen LogP contribution is -2.40. The molecule has 8 heteroatoms. The molecule has 0 saturated heterocycles. The van der Waals surface area contributed by atoms with Gasteiger partial charge in [-0.3, -0.25) is 4.99 Å². The van der Waals surface area contributed by atoms with Gasteiger partial charge in [-0.25, -0.2) is 4.79 Å². The third-order valence-corrected chi connectivity index (χ3v) is 8.26. The predicted molar refractivity (Wildman–Crippen MR) is 158 cm³/mol. The number of aromatic amines is 1. The highest BCUT2D eigenvalue weighted by atomic mass is 32.1. The van der Waals surface area contributed by atoms with Crippen LogP contribution in [0.3, 0.4) is 0 Å². The van der Waals surface area contributed by atoms with E-state index in [4.69, 9.17) is 4.42 Å². The van der Waals surface area contributed by atoms with Crippen LogP contribution in [0.4, 0.5) is 11.4 Å². The minimum Gasteiger partial charge on any atom is -0.508 e. The monoisotopic (exact) mass is 526 g/mol. The average molecular weight is 527 g/mol. The van der Waals surface area contributed by atoms with Gasteiger partial charge in [0, 0.05) is 77.9 Å². The first-order valence-corrected chi connectivity index (χ1v) is 13.9. The van der Waals surface area contributed by atoms with Crippen LogP contribution in [-0.4, -0.2) is 49.0 Å². The molecule has 7 nitrogen and oxygen atoms in total. The molecule has 0 amide bonds. The van der Waals surface area contributed by atoms with E-state index >= 15 is 0 Å². The summed E-state index contributed by atoms with van der Waals surface area (Å²) in [6.07, 6.45) is 4.30. The fourth-order valence-corrected chi connectivity index (χ4v) is 6.20. The van der Waals surface area contributed by atoms with Crippen LogP contribution in [0.1, 0.15) is 25.0 Å². The van der Waals surface area contributed by atoms with Gasteiger partial charge in [-0.15, -0.1) is 11.3 Å². The summed E-state index contributed by atoms with van der Waals surface area (Å²) >= 11 is 1.61. The lowest BCUT2D eigenvalue weighted by Gasteiger charge is -2.38. The highest BCUT2D eigenvalue weighted by Gasteiger charge is 2.25. The molecule has 38 heavy (non-hydrogen) atoms. The van der Waals surface area contributed by atoms with E-state index in [1.54, 1.807) is 29.7 Å². The van der Waals surface area contributed by atoms with Crippen molar-refractivity contribution in [3.8, 4) is 16.2 Å². The maximum atomic E-state index is 13.3. The van der Waals surface area contributed by atoms with Crippen molar-refractivity contribution in [3.63, 3.8) is 0 Å². The quantitative estimate of drug-likeness (QED) is 0.200. The number of hydrogen-bond donors (Lipinski definition) is 2. The van der Waals surface area contributed by atoms with E-state index in [1.807, 2.05) is 35.8 Å². The molecular formula is C30H30N4O3S. The molecule has 2 N–H and O–H groups in total. The zero-order valence-electron chi connectivity index (χ0n) is 21.5. The van der Waals surface area contributed by atoms with E-state index in [1.165, 1.54) is 5.69 Å². The van der Waals surface area contributed by atoms with E-state index in [0.29, 0.717) is 24.1 Å². The van der Waals surface area contributed by atoms with Crippen LogP contribution in [0.2, 0.25) is 0 Å². The number of nitrogens with zero attached hydrogens (tertiary/aromatic N) is 3. The Morgan fingerprint density at radius 3 is 2.61 bits per heavy atom. The van der Waals surface area contributed by atoms with Crippen molar-refractivity contribution < 1.29 is 9.52 Å². The van der Waals surface area contributed by atoms with Gasteiger partial charge in [0.1, 0.15) is 11.3 Å². The number of aliphatic imine (C=N–C) groups is 1. The van der Waals surface area contributed by atoms with E-state index in [-0.39, 0.29) is 11.4 Å². The molecule has 4 heterocycles. The molecule has 0 aliphatic carbocycles. The first-order valence-electron chi connectivity index (χ1n) is 13.0. The smallest absolute Gasteiger partial charge is 0.345 e. The Hall–Kier alpha value is -4.04. The van der Waals surface area contributed by atoms with E-state index in [0.717, 1.165) is 64.2 Å². The van der Waals surface area contributed by atoms with Crippen LogP contribution in [0.25, 0.3) is 32.3 Å². The van der Waals surface area contributed by atoms with Crippen LogP contribution < -0.4 is 15.4 Å². The molecule has 0 spiro atoms. The van der Waals surface area contributed by atoms with Crippen LogP contribution in [-0.2, 0) is 6.42 Å². The lowest BCUT2D eigenvalue weighted by molar-refractivity contribution is 0.476. The van der Waals surface area contributed by atoms with E-state index in [9.17, 15) is 9.90 Å². The highest BCUT2D eigenvalue weighted by Crippen LogP contribution is 2.41. The number of likely N-dealkylation sites (N-methyl/N-ethyl adjacent to an activating group) is 2. The summed E-state index contributed by atoms with van der Waals surface area (Å²) in [6.45, 7) is 8.57. The first-order chi connectivity index (χ1) is 18.6. The molecule has 1 aliphatic heterocycles. The SMILES string of the molecule is CCN1CCN(CC)c2cc3c(-c4cccs4)c(/C=N/CCc4c[nH]c5ccc(O)cc45)c(=O)oc3cc21. The standard InChI is InChI=1S/C30H30N4O3S/c1-3-33-11-12-34(4-2)26-16-27-22(15-25(26)33)29(28-6-5-13-38-28)23(30(36)37-27)18-31-10-9-19-17-32-24-8-7-20(35)14-21(19)24/h5-8,13-18,32,35H,3-4,9-12H2,1-2H3/b31-18+. The van der Waals surface area contributed by atoms with Crippen LogP contribution in [0.15, 0.2) is 68.2 Å². The van der Waals surface area contributed by atoms with Crippen molar-refractivity contribution in [1.29, 1.82) is 0 Å². The summed E-state index contributed by atoms with van der Waals surface area (Å²) < 4.78 is 5.91. The Bertz CT molecular complexity index is 1700. The molecule has 0 saturated carbocycles. The molecule has 6 rings (SSSR count). The number of H-pyrrole nitrogens is 1. The normalized spacial score (nSPS) is 13.7. The second-order valence-electron chi connectivity index (χ2n) is 9.48. The number of benzene rings is 2. The van der Waals surface area contributed by atoms with Crippen molar-refractivity contribution in [1.82, 2.24) is 4.98 Å². The molecule has 0 radical (unpaired) electrons. The van der Waals surface area contributed by atoms with Gasteiger partial charge < -0.3 is 24.3 Å². The molecule has 5 aromatic rings. The minimum absolute atomic E-state index is 0.238. The average Bonchev–Trinajstić information content (AvgIpc) is 3.60. The number of phenolic OH excluding ortho intramolecular Hbond substituents is 1. The van der Waals surface area contributed by atoms with Crippen LogP contribution in [0, 0.1) is 0 Å². The molecule has 1 aliphatic rings. The van der Waals surface area contributed by atoms with E-state index < -0.39 is 0 Å². The summed E-state index contributed by atoms with van der Waals surface area (Å²) in [5, 5.41) is 13.8. The van der Waals surface area contributed by atoms with Crippen LogP contribution in [0.5, 0.6) is 5.75 Å². The summed E-state index contributed by atoms with van der Waals surface area (Å²) in [5.41, 5.74) is 5.90. The van der Waals surface area contributed by atoms with Crippen molar-refractivity contribution in [3.05, 3.63) is 75.6 Å². The summed E-state index contributed by atoms with van der Waals surface area (Å²) in [7, 11) is 0. The van der Waals surface area contributed by atoms with Gasteiger partial charge in [-0.1, -0.05) is 6.07 Å². The van der Waals surface area contributed by atoms with Gasteiger partial charge in [0.2, 0.25) is 0 Å². The van der Waals surface area contributed by atoms with Gasteiger partial charge in [0.25, 0.3) is 0 Å². The number of aromatic nitrogens is 1. The maximum Gasteiger partial charge on any atom is 0.345 e. The van der Waals surface area contributed by atoms with Gasteiger partial charge >= 0.3 is 5.63 Å². The summed E-state index contributed by atoms with van der Waals surface area (Å²) in [6, 6.07) is 13.6. The number of hydrogen-bond acceptors (Lipinski definition) is 7. The van der Waals surface area contributed by atoms with Gasteiger partial charge in [0.15, 0.2) is 0 Å². The molecule has 0 fully saturated rings. The Kier molecular flexibility index (Phi) is 6.41. The van der Waals surface area contributed by atoms with Crippen molar-refractivity contribution >= 4 is 50.8 Å². The number of rotatable bonds is 7. The number of aromatic hydroxyl groups is 1. The fraction of sp³-hybridized carbons (Fsp3) is 0.267. The second kappa shape index (κ2) is 10.0. The maximum absolute atomic E-state index is 13.3. The first kappa shape index (κ1) is 24.3. The molecule has 0 atom stereocenters. The van der Waals surface area contributed by atoms with Crippen molar-refractivity contribution in [2.24, 2.45) is 4.99 Å². The lowest BCUT2D eigenvalue weighted by atomic mass is 10.0. The minimum atomic E-state index is -0.382. The number of fused-ring (bicyclic) bond motifs is 3. The Balaban J connectivity index is 1.41. The third kappa shape index (κ3) is 4.24. The van der Waals surface area contributed by atoms with Gasteiger partial charge in [-0.2, -0.15) is 0 Å². The number of thiophene rings is 1. The number of phenols is 1. The van der Waals surface area contributed by atoms with Crippen molar-refractivity contribution in [2.45, 2.75) is 20.3 Å². The molecular weight excluding hydrogens is 496 g/mol. The van der Waals surface area contributed by atoms with Crippen molar-refractivity contribution in [2.75, 3.05) is 42.5 Å². The zero-order chi connectivity index (χ0) is 26.2. The zero-order valence-corrected chi connectivity index (χ0v) is 22.3. The third-order valence-electron chi connectivity index (χ3n) is 7.37. The number of nitrogens with one attached hydrogen (secondary N) is 1. The van der Waals surface area contributed by atoms with Gasteiger partial charge in [0.05, 0.1) is 16.9 Å². The fourth-order valence-electron chi connectivity index (χ4n) is 5.40. The van der Waals surface area contributed by atoms with E-state index in [2.05, 4.69) is 39.7 Å². The molecule has 2 aromatic carbocycles. The summed E-state index contributed by atoms with van der Waals surface area (Å²) in [5.74, 6) is 0.238. The largest absolute Gasteiger partial charge is 0.508 e. The van der Waals surface area contributed by atoms with Crippen LogP contribution >= 0.6 is 11.3 Å². The highest BCUT2D eigenvalue weighted by molar-refractivity contribution is 7.13. The topological polar surface area (TPSA) is 85.1 Å². The number of anilines is 2. The molecule has 0 bridgehead atoms. The second-order valence-corrected chi connectivity index (χ2v) is 10.4. The summed E-state index contributed by atoms with van der Waals surface area (Å²) in [4.78, 5) is 26.9. The Morgan fingerprint density at radius 2 is 1.87 bits per heavy atom. The molecule has 194 valence electrons. The molecule has 3 aromatic heterocycles. The Morgan fingerprint density at radius 1 is 1.08 bits per heavy atom. The Labute approximate surface area is 224 Å². The molecule has 0 unspecified atom stereocenters. The van der Waals surface area contributed by atoms with Gasteiger partial charge in [-0.05, 0) is 61.5 Å².